The van der Waals surface area contributed by atoms with Crippen LogP contribution in [0.1, 0.15) is 31.7 Å². The number of hydrogen-bond donors (Lipinski definition) is 1. The summed E-state index contributed by atoms with van der Waals surface area (Å²) in [5.41, 5.74) is 6.93. The molecule has 0 spiro atoms. The lowest BCUT2D eigenvalue weighted by molar-refractivity contribution is 0.529. The summed E-state index contributed by atoms with van der Waals surface area (Å²) in [5, 5.41) is 0. The monoisotopic (exact) mass is 297 g/mol. The summed E-state index contributed by atoms with van der Waals surface area (Å²) >= 11 is 3.45. The fraction of sp³-hybridized carbons (Fsp3) is 0.615. The van der Waals surface area contributed by atoms with Crippen LogP contribution in [0, 0.1) is 5.92 Å². The van der Waals surface area contributed by atoms with E-state index < -0.39 is 0 Å². The highest BCUT2D eigenvalue weighted by molar-refractivity contribution is 9.10. The summed E-state index contributed by atoms with van der Waals surface area (Å²) in [4.78, 5) is 6.91. The zero-order chi connectivity index (χ0) is 12.3. The van der Waals surface area contributed by atoms with Gasteiger partial charge in [0.15, 0.2) is 0 Å². The molecule has 1 saturated heterocycles. The molecule has 0 saturated carbocycles. The van der Waals surface area contributed by atoms with Crippen LogP contribution >= 0.6 is 15.9 Å². The van der Waals surface area contributed by atoms with E-state index in [-0.39, 0.29) is 0 Å². The quantitative estimate of drug-likeness (QED) is 0.929. The van der Waals surface area contributed by atoms with Gasteiger partial charge in [0.2, 0.25) is 0 Å². The molecule has 2 heterocycles. The van der Waals surface area contributed by atoms with Gasteiger partial charge in [-0.2, -0.15) is 0 Å². The average Bonchev–Trinajstić information content (AvgIpc) is 2.78. The first kappa shape index (κ1) is 12.8. The Bertz CT molecular complexity index is 381. The predicted molar refractivity (Wildman–Crippen MR) is 75.1 cm³/mol. The first-order chi connectivity index (χ1) is 8.24. The van der Waals surface area contributed by atoms with Crippen molar-refractivity contribution >= 4 is 21.7 Å². The summed E-state index contributed by atoms with van der Waals surface area (Å²) in [6.07, 6.45) is 5.75. The van der Waals surface area contributed by atoms with E-state index in [4.69, 9.17) is 5.73 Å². The molecule has 0 amide bonds. The number of pyridine rings is 1. The largest absolute Gasteiger partial charge is 0.356 e. The Kier molecular flexibility index (Phi) is 4.40. The van der Waals surface area contributed by atoms with Crippen LogP contribution in [0.3, 0.4) is 0 Å². The molecule has 0 bridgehead atoms. The van der Waals surface area contributed by atoms with Gasteiger partial charge in [-0.25, -0.2) is 4.98 Å². The second kappa shape index (κ2) is 5.83. The molecule has 2 N–H and O–H groups in total. The molecule has 1 atom stereocenters. The highest BCUT2D eigenvalue weighted by Crippen LogP contribution is 2.28. The lowest BCUT2D eigenvalue weighted by atomic mass is 10.0. The van der Waals surface area contributed by atoms with Crippen LogP contribution in [-0.2, 0) is 6.54 Å². The maximum Gasteiger partial charge on any atom is 0.133 e. The lowest BCUT2D eigenvalue weighted by Crippen LogP contribution is -2.23. The summed E-state index contributed by atoms with van der Waals surface area (Å²) in [5.74, 6) is 1.91. The highest BCUT2D eigenvalue weighted by Gasteiger charge is 2.24. The van der Waals surface area contributed by atoms with Gasteiger partial charge in [0.25, 0.3) is 0 Å². The Labute approximate surface area is 112 Å². The molecule has 0 radical (unpaired) electrons. The van der Waals surface area contributed by atoms with Crippen LogP contribution < -0.4 is 10.6 Å². The normalized spacial score (nSPS) is 19.9. The average molecular weight is 298 g/mol. The predicted octanol–water partition coefficient (Wildman–Crippen LogP) is 2.93. The number of nitrogens with two attached hydrogens (primary N) is 1. The minimum atomic E-state index is 0.552. The van der Waals surface area contributed by atoms with Gasteiger partial charge >= 0.3 is 0 Å². The molecule has 4 heteroatoms. The maximum absolute atomic E-state index is 5.79. The van der Waals surface area contributed by atoms with Crippen LogP contribution in [0.15, 0.2) is 16.7 Å². The van der Waals surface area contributed by atoms with Crippen LogP contribution in [0.25, 0.3) is 0 Å². The molecular weight excluding hydrogens is 278 g/mol. The lowest BCUT2D eigenvalue weighted by Gasteiger charge is -2.20. The molecule has 1 unspecified atom stereocenters. The number of nitrogens with zero attached hydrogens (tertiary/aromatic N) is 2. The van der Waals surface area contributed by atoms with Gasteiger partial charge in [0.1, 0.15) is 5.82 Å². The van der Waals surface area contributed by atoms with Crippen LogP contribution in [0.5, 0.6) is 0 Å². The van der Waals surface area contributed by atoms with E-state index in [1.807, 2.05) is 6.20 Å². The molecule has 94 valence electrons. The summed E-state index contributed by atoms with van der Waals surface area (Å²) in [6, 6.07) is 2.08. The van der Waals surface area contributed by atoms with E-state index in [1.54, 1.807) is 0 Å². The number of rotatable bonds is 4. The first-order valence-electron chi connectivity index (χ1n) is 6.34. The second-order valence-corrected chi connectivity index (χ2v) is 5.65. The van der Waals surface area contributed by atoms with Gasteiger partial charge in [-0.15, -0.1) is 0 Å². The van der Waals surface area contributed by atoms with Crippen molar-refractivity contribution in [3.8, 4) is 0 Å². The molecule has 1 aromatic rings. The number of aromatic nitrogens is 1. The van der Waals surface area contributed by atoms with Crippen molar-refractivity contribution in [3.05, 3.63) is 22.3 Å². The Morgan fingerprint density at radius 1 is 1.59 bits per heavy atom. The standard InChI is InChI=1S/C13H20BrN3/c1-2-3-10-4-5-17(9-10)13-11(7-15)6-12(14)8-16-13/h6,8,10H,2-5,7,9,15H2,1H3. The van der Waals surface area contributed by atoms with E-state index in [2.05, 4.69) is 38.8 Å². The van der Waals surface area contributed by atoms with Gasteiger partial charge < -0.3 is 10.6 Å². The van der Waals surface area contributed by atoms with Crippen LogP contribution in [0.4, 0.5) is 5.82 Å². The third-order valence-electron chi connectivity index (χ3n) is 3.41. The van der Waals surface area contributed by atoms with Crippen molar-refractivity contribution in [1.29, 1.82) is 0 Å². The Morgan fingerprint density at radius 3 is 3.12 bits per heavy atom. The smallest absolute Gasteiger partial charge is 0.133 e. The Hall–Kier alpha value is -0.610. The van der Waals surface area contributed by atoms with E-state index in [1.165, 1.54) is 19.3 Å². The van der Waals surface area contributed by atoms with Gasteiger partial charge in [-0.3, -0.25) is 0 Å². The minimum absolute atomic E-state index is 0.552. The highest BCUT2D eigenvalue weighted by atomic mass is 79.9. The van der Waals surface area contributed by atoms with E-state index in [0.29, 0.717) is 6.54 Å². The summed E-state index contributed by atoms with van der Waals surface area (Å²) in [7, 11) is 0. The number of hydrogen-bond acceptors (Lipinski definition) is 3. The summed E-state index contributed by atoms with van der Waals surface area (Å²) in [6.45, 7) is 5.06. The van der Waals surface area contributed by atoms with E-state index in [9.17, 15) is 0 Å². The number of anilines is 1. The second-order valence-electron chi connectivity index (χ2n) is 4.73. The zero-order valence-corrected chi connectivity index (χ0v) is 11.9. The van der Waals surface area contributed by atoms with E-state index in [0.717, 1.165) is 34.9 Å². The molecule has 0 aromatic carbocycles. The van der Waals surface area contributed by atoms with Crippen molar-refractivity contribution in [2.24, 2.45) is 11.7 Å². The van der Waals surface area contributed by atoms with Crippen molar-refractivity contribution in [2.75, 3.05) is 18.0 Å². The summed E-state index contributed by atoms with van der Waals surface area (Å²) < 4.78 is 1.01. The minimum Gasteiger partial charge on any atom is -0.356 e. The van der Waals surface area contributed by atoms with Crippen LogP contribution in [-0.4, -0.2) is 18.1 Å². The molecule has 1 fully saturated rings. The Morgan fingerprint density at radius 2 is 2.41 bits per heavy atom. The SMILES string of the molecule is CCCC1CCN(c2ncc(Br)cc2CN)C1. The molecule has 1 aliphatic rings. The molecule has 3 nitrogen and oxygen atoms in total. The van der Waals surface area contributed by atoms with Gasteiger partial charge in [-0.1, -0.05) is 13.3 Å². The number of halogens is 1. The Balaban J connectivity index is 2.12. The third kappa shape index (κ3) is 2.99. The zero-order valence-electron chi connectivity index (χ0n) is 10.3. The van der Waals surface area contributed by atoms with Crippen molar-refractivity contribution in [2.45, 2.75) is 32.7 Å². The van der Waals surface area contributed by atoms with Gasteiger partial charge in [0.05, 0.1) is 0 Å². The molecule has 17 heavy (non-hydrogen) atoms. The topological polar surface area (TPSA) is 42.2 Å². The van der Waals surface area contributed by atoms with Crippen LogP contribution in [0.2, 0.25) is 0 Å². The van der Waals surface area contributed by atoms with E-state index >= 15 is 0 Å². The molecule has 0 aliphatic carbocycles. The molecular formula is C13H20BrN3. The fourth-order valence-electron chi connectivity index (χ4n) is 2.58. The van der Waals surface area contributed by atoms with Gasteiger partial charge in [0, 0.05) is 35.9 Å². The molecule has 2 rings (SSSR count). The molecule has 1 aliphatic heterocycles. The molecule has 1 aromatic heterocycles. The van der Waals surface area contributed by atoms with Crippen molar-refractivity contribution in [3.63, 3.8) is 0 Å². The van der Waals surface area contributed by atoms with Crippen molar-refractivity contribution < 1.29 is 0 Å². The van der Waals surface area contributed by atoms with Crippen molar-refractivity contribution in [1.82, 2.24) is 4.98 Å². The maximum atomic E-state index is 5.79. The fourth-order valence-corrected chi connectivity index (χ4v) is 2.96. The van der Waals surface area contributed by atoms with Gasteiger partial charge in [-0.05, 0) is 40.8 Å². The third-order valence-corrected chi connectivity index (χ3v) is 3.85. The first-order valence-corrected chi connectivity index (χ1v) is 7.13.